The van der Waals surface area contributed by atoms with Crippen molar-refractivity contribution in [3.63, 3.8) is 0 Å². The van der Waals surface area contributed by atoms with E-state index in [2.05, 4.69) is 26.8 Å². The van der Waals surface area contributed by atoms with Gasteiger partial charge in [-0.3, -0.25) is 0 Å². The summed E-state index contributed by atoms with van der Waals surface area (Å²) in [6, 6.07) is 11.7. The number of aromatic nitrogens is 4. The summed E-state index contributed by atoms with van der Waals surface area (Å²) < 4.78 is 52.5. The van der Waals surface area contributed by atoms with E-state index in [-0.39, 0.29) is 35.9 Å². The number of carboxylic acid groups (broad SMARTS) is 1. The van der Waals surface area contributed by atoms with Crippen molar-refractivity contribution in [3.05, 3.63) is 60.7 Å². The van der Waals surface area contributed by atoms with Crippen LogP contribution >= 0.6 is 11.8 Å². The van der Waals surface area contributed by atoms with Crippen LogP contribution in [0.5, 0.6) is 5.88 Å². The van der Waals surface area contributed by atoms with Crippen LogP contribution in [0.15, 0.2) is 64.3 Å². The molecule has 0 unspecified atom stereocenters. The van der Waals surface area contributed by atoms with Gasteiger partial charge in [0, 0.05) is 36.3 Å². The van der Waals surface area contributed by atoms with Crippen molar-refractivity contribution in [1.29, 1.82) is 0 Å². The van der Waals surface area contributed by atoms with Gasteiger partial charge < -0.3 is 33.5 Å². The molecule has 8 rings (SSSR count). The average molecular weight is 691 g/mol. The van der Waals surface area contributed by atoms with Crippen molar-refractivity contribution in [2.75, 3.05) is 49.0 Å². The van der Waals surface area contributed by atoms with E-state index in [0.717, 1.165) is 21.8 Å². The number of benzene rings is 1. The number of anilines is 2. The minimum atomic E-state index is -2.98. The molecule has 12 nitrogen and oxygen atoms in total. The third-order valence-corrected chi connectivity index (χ3v) is 10.2. The highest BCUT2D eigenvalue weighted by Crippen LogP contribution is 2.42. The van der Waals surface area contributed by atoms with E-state index in [1.807, 2.05) is 24.5 Å². The number of para-hydroxylation sites is 1. The van der Waals surface area contributed by atoms with Crippen LogP contribution in [0.4, 0.5) is 20.3 Å². The van der Waals surface area contributed by atoms with Crippen molar-refractivity contribution in [2.24, 2.45) is 0 Å². The normalized spacial score (nSPS) is 21.9. The van der Waals surface area contributed by atoms with E-state index in [1.54, 1.807) is 48.4 Å². The van der Waals surface area contributed by atoms with Crippen LogP contribution in [0, 0.1) is 0 Å². The molecule has 3 fully saturated rings. The summed E-state index contributed by atoms with van der Waals surface area (Å²) in [6.07, 6.45) is 1.84. The highest BCUT2D eigenvalue weighted by atomic mass is 32.2. The van der Waals surface area contributed by atoms with Crippen LogP contribution in [0.3, 0.4) is 0 Å². The molecule has 0 radical (unpaired) electrons. The Kier molecular flexibility index (Phi) is 8.00. The SMILES string of the molecule is CSc1cc(-c2cnc(O[C@H]3C[C@@H](C(=O)O)N(c4nc(C(F)F)nc5c4oc4ccccc45)C3)c(N3CCOC4(COC4)[C@@H]3C)c2)ccn1. The molecule has 254 valence electrons. The predicted molar refractivity (Wildman–Crippen MR) is 178 cm³/mol. The first-order chi connectivity index (χ1) is 23.7. The lowest BCUT2D eigenvalue weighted by Crippen LogP contribution is -2.68. The molecule has 3 aliphatic rings. The smallest absolute Gasteiger partial charge is 0.326 e. The number of hydrogen-bond donors (Lipinski definition) is 1. The number of morpholine rings is 1. The number of rotatable bonds is 8. The molecule has 1 spiro atoms. The predicted octanol–water partition coefficient (Wildman–Crippen LogP) is 5.60. The maximum Gasteiger partial charge on any atom is 0.326 e. The Bertz CT molecular complexity index is 2060. The van der Waals surface area contributed by atoms with Crippen LogP contribution < -0.4 is 14.5 Å². The van der Waals surface area contributed by atoms with Crippen molar-refractivity contribution in [2.45, 2.75) is 48.6 Å². The van der Waals surface area contributed by atoms with E-state index in [9.17, 15) is 18.7 Å². The van der Waals surface area contributed by atoms with Crippen molar-refractivity contribution in [3.8, 4) is 17.0 Å². The van der Waals surface area contributed by atoms with Crippen molar-refractivity contribution >= 4 is 51.3 Å². The van der Waals surface area contributed by atoms with Crippen molar-refractivity contribution in [1.82, 2.24) is 19.9 Å². The first-order valence-corrected chi connectivity index (χ1v) is 17.1. The molecule has 0 saturated carbocycles. The van der Waals surface area contributed by atoms with E-state index >= 15 is 0 Å². The Hall–Kier alpha value is -4.60. The second kappa shape index (κ2) is 12.4. The number of carboxylic acids is 1. The van der Waals surface area contributed by atoms with E-state index in [1.165, 1.54) is 4.90 Å². The fourth-order valence-corrected chi connectivity index (χ4v) is 7.30. The lowest BCUT2D eigenvalue weighted by molar-refractivity contribution is -0.228. The van der Waals surface area contributed by atoms with Gasteiger partial charge in [0.15, 0.2) is 17.2 Å². The number of pyridine rings is 2. The highest BCUT2D eigenvalue weighted by molar-refractivity contribution is 7.98. The molecule has 49 heavy (non-hydrogen) atoms. The Morgan fingerprint density at radius 1 is 1.12 bits per heavy atom. The Morgan fingerprint density at radius 2 is 1.96 bits per heavy atom. The minimum Gasteiger partial charge on any atom is -0.480 e. The standard InChI is InChI=1S/C34H32F2N6O6S/c1-18-34(16-45-17-34)46-10-9-41(18)23-11-20(19-7-8-37-26(12-19)49-2)14-38-32(23)47-21-13-24(33(43)44)42(15-21)31-28-27(39-30(40-31)29(35)36)22-5-3-4-6-25(22)48-28/h3-8,11-12,14,18,21,24,29H,9-10,13,15-17H2,1-2H3,(H,43,44)/t18-,21-,24-/m0/s1. The van der Waals surface area contributed by atoms with Crippen LogP contribution in [0.2, 0.25) is 0 Å². The van der Waals surface area contributed by atoms with Crippen LogP contribution in [-0.4, -0.2) is 94.0 Å². The minimum absolute atomic E-state index is 0.0189. The number of carbonyl (C=O) groups is 1. The monoisotopic (exact) mass is 690 g/mol. The number of nitrogens with zero attached hydrogens (tertiary/aromatic N) is 6. The van der Waals surface area contributed by atoms with Gasteiger partial charge in [0.1, 0.15) is 34.5 Å². The third kappa shape index (κ3) is 5.49. The Morgan fingerprint density at radius 3 is 2.71 bits per heavy atom. The number of thioether (sulfide) groups is 1. The van der Waals surface area contributed by atoms with Gasteiger partial charge in [0.25, 0.3) is 6.43 Å². The zero-order valence-electron chi connectivity index (χ0n) is 26.6. The van der Waals surface area contributed by atoms with Crippen LogP contribution in [0.1, 0.15) is 25.6 Å². The van der Waals surface area contributed by atoms with Crippen LogP contribution in [-0.2, 0) is 14.3 Å². The van der Waals surface area contributed by atoms with Gasteiger partial charge in [-0.1, -0.05) is 12.1 Å². The van der Waals surface area contributed by atoms with Gasteiger partial charge in [-0.2, -0.15) is 0 Å². The lowest BCUT2D eigenvalue weighted by Gasteiger charge is -2.53. The van der Waals surface area contributed by atoms with Crippen molar-refractivity contribution < 1.29 is 37.3 Å². The molecular weight excluding hydrogens is 658 g/mol. The number of ether oxygens (including phenoxy) is 3. The van der Waals surface area contributed by atoms with E-state index in [4.69, 9.17) is 23.6 Å². The molecule has 0 bridgehead atoms. The summed E-state index contributed by atoms with van der Waals surface area (Å²) in [5.74, 6) is -1.55. The summed E-state index contributed by atoms with van der Waals surface area (Å²) in [7, 11) is 0. The van der Waals surface area contributed by atoms with Gasteiger partial charge in [0.05, 0.1) is 37.4 Å². The summed E-state index contributed by atoms with van der Waals surface area (Å²) in [5, 5.41) is 11.7. The quantitative estimate of drug-likeness (QED) is 0.203. The van der Waals surface area contributed by atoms with E-state index < -0.39 is 36.0 Å². The molecule has 1 aromatic carbocycles. The summed E-state index contributed by atoms with van der Waals surface area (Å²) >= 11 is 1.54. The number of furan rings is 1. The topological polar surface area (TPSA) is 136 Å². The first-order valence-electron chi connectivity index (χ1n) is 15.9. The van der Waals surface area contributed by atoms with Gasteiger partial charge in [-0.05, 0) is 49.1 Å². The summed E-state index contributed by atoms with van der Waals surface area (Å²) in [4.78, 5) is 33.7. The lowest BCUT2D eigenvalue weighted by atomic mass is 9.90. The molecule has 5 aromatic rings. The van der Waals surface area contributed by atoms with E-state index in [0.29, 0.717) is 43.2 Å². The molecule has 7 heterocycles. The molecular formula is C34H32F2N6O6S. The molecule has 4 aromatic heterocycles. The molecule has 1 N–H and O–H groups in total. The first kappa shape index (κ1) is 31.7. The van der Waals surface area contributed by atoms with Gasteiger partial charge in [-0.15, -0.1) is 11.8 Å². The largest absolute Gasteiger partial charge is 0.480 e. The Labute approximate surface area is 283 Å². The Balaban J connectivity index is 1.17. The summed E-state index contributed by atoms with van der Waals surface area (Å²) in [5.41, 5.74) is 2.84. The van der Waals surface area contributed by atoms with Gasteiger partial charge in [0.2, 0.25) is 5.88 Å². The second-order valence-corrected chi connectivity index (χ2v) is 13.2. The molecule has 3 atom stereocenters. The number of alkyl halides is 2. The summed E-state index contributed by atoms with van der Waals surface area (Å²) in [6.45, 7) is 4.13. The molecule has 3 aliphatic heterocycles. The maximum atomic E-state index is 14.1. The molecule has 0 aliphatic carbocycles. The number of halogens is 2. The number of aliphatic carboxylic acids is 1. The molecule has 15 heteroatoms. The molecule has 0 amide bonds. The van der Waals surface area contributed by atoms with Crippen LogP contribution in [0.25, 0.3) is 33.2 Å². The average Bonchev–Trinajstić information content (AvgIpc) is 3.69. The molecule has 3 saturated heterocycles. The highest BCUT2D eigenvalue weighted by Gasteiger charge is 2.50. The fourth-order valence-electron chi connectivity index (χ4n) is 6.89. The second-order valence-electron chi connectivity index (χ2n) is 12.4. The zero-order chi connectivity index (χ0) is 33.9. The number of hydrogen-bond acceptors (Lipinski definition) is 12. The number of fused-ring (bicyclic) bond motifs is 3. The van der Waals surface area contributed by atoms with Gasteiger partial charge in [-0.25, -0.2) is 33.5 Å². The third-order valence-electron chi connectivity index (χ3n) is 9.57. The maximum absolute atomic E-state index is 14.1. The van der Waals surface area contributed by atoms with Gasteiger partial charge >= 0.3 is 5.97 Å². The zero-order valence-corrected chi connectivity index (χ0v) is 27.4. The fraction of sp³-hybridized carbons (Fsp3) is 0.382.